The van der Waals surface area contributed by atoms with Crippen molar-refractivity contribution in [3.63, 3.8) is 0 Å². The average molecular weight is 252 g/mol. The topological polar surface area (TPSA) is 121 Å². The van der Waals surface area contributed by atoms with Crippen molar-refractivity contribution in [3.05, 3.63) is 34.2 Å². The van der Waals surface area contributed by atoms with Crippen LogP contribution in [0.2, 0.25) is 0 Å². The van der Waals surface area contributed by atoms with Crippen LogP contribution in [0.5, 0.6) is 0 Å². The number of amidine groups is 1. The lowest BCUT2D eigenvalue weighted by atomic mass is 10.0. The summed E-state index contributed by atoms with van der Waals surface area (Å²) in [6, 6.07) is 0.616. The van der Waals surface area contributed by atoms with Crippen LogP contribution in [0.15, 0.2) is 28.4 Å². The molecule has 98 valence electrons. The number of aromatic amines is 1. The van der Waals surface area contributed by atoms with Crippen molar-refractivity contribution >= 4 is 11.7 Å². The van der Waals surface area contributed by atoms with Crippen LogP contribution in [0.25, 0.3) is 0 Å². The third kappa shape index (κ3) is 3.09. The molecule has 1 heterocycles. The summed E-state index contributed by atoms with van der Waals surface area (Å²) in [7, 11) is 0. The van der Waals surface area contributed by atoms with Crippen molar-refractivity contribution < 1.29 is 10.0 Å². The molecule has 7 heteroatoms. The lowest BCUT2D eigenvalue weighted by Gasteiger charge is -2.20. The van der Waals surface area contributed by atoms with Crippen LogP contribution in [-0.2, 0) is 0 Å². The van der Waals surface area contributed by atoms with Gasteiger partial charge in [-0.2, -0.15) is 0 Å². The minimum atomic E-state index is -0.637. The van der Waals surface area contributed by atoms with E-state index in [1.807, 2.05) is 0 Å². The van der Waals surface area contributed by atoms with Gasteiger partial charge in [0.2, 0.25) is 0 Å². The van der Waals surface area contributed by atoms with Gasteiger partial charge in [0.1, 0.15) is 5.56 Å². The molecule has 7 nitrogen and oxygen atoms in total. The van der Waals surface area contributed by atoms with Crippen LogP contribution in [-0.4, -0.2) is 28.0 Å². The van der Waals surface area contributed by atoms with E-state index in [9.17, 15) is 9.59 Å². The van der Waals surface area contributed by atoms with Gasteiger partial charge in [0.05, 0.1) is 6.04 Å². The molecular weight excluding hydrogens is 236 g/mol. The highest BCUT2D eigenvalue weighted by Crippen LogP contribution is 2.03. The second-order valence-corrected chi connectivity index (χ2v) is 4.14. The summed E-state index contributed by atoms with van der Waals surface area (Å²) in [6.07, 6.45) is 2.74. The summed E-state index contributed by atoms with van der Waals surface area (Å²) in [5.74, 6) is -0.750. The van der Waals surface area contributed by atoms with Gasteiger partial charge in [-0.1, -0.05) is 19.0 Å². The molecule has 0 radical (unpaired) electrons. The Kier molecular flexibility index (Phi) is 4.47. The van der Waals surface area contributed by atoms with E-state index in [0.717, 1.165) is 0 Å². The van der Waals surface area contributed by atoms with E-state index in [4.69, 9.17) is 10.9 Å². The molecule has 0 aromatic carbocycles. The van der Waals surface area contributed by atoms with Crippen LogP contribution < -0.4 is 16.5 Å². The van der Waals surface area contributed by atoms with Crippen molar-refractivity contribution in [2.75, 3.05) is 0 Å². The van der Waals surface area contributed by atoms with E-state index >= 15 is 0 Å². The molecule has 0 aliphatic rings. The number of pyridine rings is 1. The van der Waals surface area contributed by atoms with E-state index < -0.39 is 17.4 Å². The first-order valence-corrected chi connectivity index (χ1v) is 5.42. The molecule has 0 saturated heterocycles. The van der Waals surface area contributed by atoms with Crippen molar-refractivity contribution in [3.8, 4) is 0 Å². The van der Waals surface area contributed by atoms with Gasteiger partial charge in [-0.15, -0.1) is 0 Å². The van der Waals surface area contributed by atoms with Crippen LogP contribution in [0.1, 0.15) is 24.2 Å². The number of amides is 1. The van der Waals surface area contributed by atoms with Crippen LogP contribution in [0, 0.1) is 5.92 Å². The van der Waals surface area contributed by atoms with Crippen molar-refractivity contribution in [1.29, 1.82) is 0 Å². The van der Waals surface area contributed by atoms with Crippen molar-refractivity contribution in [1.82, 2.24) is 10.3 Å². The summed E-state index contributed by atoms with van der Waals surface area (Å²) in [5, 5.41) is 14.1. The highest BCUT2D eigenvalue weighted by atomic mass is 16.4. The number of nitrogens with one attached hydrogen (secondary N) is 2. The maximum absolute atomic E-state index is 11.9. The minimum Gasteiger partial charge on any atom is -0.409 e. The van der Waals surface area contributed by atoms with Crippen molar-refractivity contribution in [2.24, 2.45) is 16.8 Å². The summed E-state index contributed by atoms with van der Waals surface area (Å²) >= 11 is 0. The highest BCUT2D eigenvalue weighted by Gasteiger charge is 2.22. The molecule has 0 aliphatic carbocycles. The Morgan fingerprint density at radius 1 is 1.56 bits per heavy atom. The fourth-order valence-corrected chi connectivity index (χ4v) is 1.46. The van der Waals surface area contributed by atoms with Gasteiger partial charge in [0.15, 0.2) is 11.3 Å². The van der Waals surface area contributed by atoms with E-state index in [1.165, 1.54) is 18.5 Å². The van der Waals surface area contributed by atoms with E-state index in [0.29, 0.717) is 0 Å². The van der Waals surface area contributed by atoms with Crippen molar-refractivity contribution in [2.45, 2.75) is 19.9 Å². The Morgan fingerprint density at radius 3 is 2.72 bits per heavy atom. The van der Waals surface area contributed by atoms with Gasteiger partial charge in [0, 0.05) is 18.5 Å². The number of hydrogen-bond donors (Lipinski definition) is 4. The molecule has 1 atom stereocenters. The maximum atomic E-state index is 11.9. The monoisotopic (exact) mass is 252 g/mol. The van der Waals surface area contributed by atoms with Gasteiger partial charge in [-0.05, 0) is 5.92 Å². The second kappa shape index (κ2) is 5.85. The Morgan fingerprint density at radius 2 is 2.22 bits per heavy atom. The fourth-order valence-electron chi connectivity index (χ4n) is 1.46. The molecule has 0 saturated carbocycles. The number of nitrogens with two attached hydrogens (primary N) is 1. The summed E-state index contributed by atoms with van der Waals surface area (Å²) in [6.45, 7) is 3.61. The van der Waals surface area contributed by atoms with Crippen LogP contribution >= 0.6 is 0 Å². The van der Waals surface area contributed by atoms with E-state index in [2.05, 4.69) is 15.5 Å². The Bertz CT molecular complexity index is 507. The number of carbonyl (C=O) groups is 1. The van der Waals surface area contributed by atoms with Gasteiger partial charge in [0.25, 0.3) is 5.91 Å². The second-order valence-electron chi connectivity index (χ2n) is 4.14. The summed E-state index contributed by atoms with van der Waals surface area (Å²) in [5.41, 5.74) is 5.07. The van der Waals surface area contributed by atoms with Gasteiger partial charge < -0.3 is 21.2 Å². The van der Waals surface area contributed by atoms with Gasteiger partial charge in [-0.3, -0.25) is 9.59 Å². The number of aromatic nitrogens is 1. The lowest BCUT2D eigenvalue weighted by Crippen LogP contribution is -2.48. The Hall–Kier alpha value is -2.31. The zero-order chi connectivity index (χ0) is 13.7. The van der Waals surface area contributed by atoms with Crippen LogP contribution in [0.3, 0.4) is 0 Å². The SMILES string of the molecule is CC(C)C(NC(=O)c1c[nH]ccc1=O)/C(N)=N/O. The Balaban J connectivity index is 2.93. The molecule has 1 amide bonds. The molecule has 0 spiro atoms. The quantitative estimate of drug-likeness (QED) is 0.258. The summed E-state index contributed by atoms with van der Waals surface area (Å²) in [4.78, 5) is 26.0. The predicted molar refractivity (Wildman–Crippen MR) is 66.6 cm³/mol. The number of rotatable bonds is 4. The number of H-pyrrole nitrogens is 1. The van der Waals surface area contributed by atoms with Gasteiger partial charge >= 0.3 is 0 Å². The predicted octanol–water partition coefficient (Wildman–Crippen LogP) is -0.124. The lowest BCUT2D eigenvalue weighted by molar-refractivity contribution is 0.0937. The maximum Gasteiger partial charge on any atom is 0.257 e. The molecule has 5 N–H and O–H groups in total. The molecule has 0 fully saturated rings. The normalized spacial score (nSPS) is 13.4. The smallest absolute Gasteiger partial charge is 0.257 e. The van der Waals surface area contributed by atoms with Crippen LogP contribution in [0.4, 0.5) is 0 Å². The molecule has 18 heavy (non-hydrogen) atoms. The molecular formula is C11H16N4O3. The van der Waals surface area contributed by atoms with Gasteiger partial charge in [-0.25, -0.2) is 0 Å². The summed E-state index contributed by atoms with van der Waals surface area (Å²) < 4.78 is 0. The zero-order valence-electron chi connectivity index (χ0n) is 10.2. The third-order valence-electron chi connectivity index (χ3n) is 2.46. The number of hydrogen-bond acceptors (Lipinski definition) is 4. The number of carbonyl (C=O) groups excluding carboxylic acids is 1. The fraction of sp³-hybridized carbons (Fsp3) is 0.364. The first-order valence-electron chi connectivity index (χ1n) is 5.42. The molecule has 1 aromatic heterocycles. The third-order valence-corrected chi connectivity index (χ3v) is 2.46. The molecule has 1 rings (SSSR count). The molecule has 1 unspecified atom stereocenters. The Labute approximate surface area is 104 Å². The zero-order valence-corrected chi connectivity index (χ0v) is 10.2. The average Bonchev–Trinajstić information content (AvgIpc) is 2.35. The minimum absolute atomic E-state index is 0.0195. The first-order chi connectivity index (χ1) is 8.47. The largest absolute Gasteiger partial charge is 0.409 e. The standard InChI is InChI=1S/C11H16N4O3/c1-6(2)9(10(12)15-18)14-11(17)7-5-13-4-3-8(7)16/h3-6,9,18H,1-2H3,(H2,12,15)(H,13,16)(H,14,17). The number of nitrogens with zero attached hydrogens (tertiary/aromatic N) is 1. The number of oxime groups is 1. The molecule has 0 aliphatic heterocycles. The van der Waals surface area contributed by atoms with E-state index in [-0.39, 0.29) is 17.3 Å². The van der Waals surface area contributed by atoms with E-state index in [1.54, 1.807) is 13.8 Å². The molecule has 1 aromatic rings. The first kappa shape index (κ1) is 13.8. The molecule has 0 bridgehead atoms. The highest BCUT2D eigenvalue weighted by molar-refractivity contribution is 5.98.